The average molecular weight is 297 g/mol. The van der Waals surface area contributed by atoms with E-state index >= 15 is 0 Å². The SMILES string of the molecule is CN(C)C(CNCc1ccc(Cl)cc1F)c1ccco1. The van der Waals surface area contributed by atoms with Gasteiger partial charge in [-0.05, 0) is 38.4 Å². The average Bonchev–Trinajstić information content (AvgIpc) is 2.90. The number of rotatable bonds is 6. The van der Waals surface area contributed by atoms with Gasteiger partial charge in [0.05, 0.1) is 12.3 Å². The van der Waals surface area contributed by atoms with Crippen molar-refractivity contribution in [2.24, 2.45) is 0 Å². The fourth-order valence-electron chi connectivity index (χ4n) is 2.03. The molecule has 20 heavy (non-hydrogen) atoms. The second-order valence-electron chi connectivity index (χ2n) is 4.86. The van der Waals surface area contributed by atoms with Crippen LogP contribution in [0.15, 0.2) is 41.0 Å². The van der Waals surface area contributed by atoms with Crippen LogP contribution in [0, 0.1) is 5.82 Å². The van der Waals surface area contributed by atoms with Gasteiger partial charge in [0.15, 0.2) is 0 Å². The Morgan fingerprint density at radius 3 is 2.75 bits per heavy atom. The summed E-state index contributed by atoms with van der Waals surface area (Å²) in [7, 11) is 3.97. The highest BCUT2D eigenvalue weighted by molar-refractivity contribution is 6.30. The maximum absolute atomic E-state index is 13.7. The molecule has 0 spiro atoms. The third-order valence-electron chi connectivity index (χ3n) is 3.16. The van der Waals surface area contributed by atoms with Crippen molar-refractivity contribution >= 4 is 11.6 Å². The molecule has 3 nitrogen and oxygen atoms in total. The van der Waals surface area contributed by atoms with Crippen LogP contribution in [0.5, 0.6) is 0 Å². The third-order valence-corrected chi connectivity index (χ3v) is 3.40. The molecule has 1 unspecified atom stereocenters. The van der Waals surface area contributed by atoms with E-state index in [0.29, 0.717) is 23.7 Å². The van der Waals surface area contributed by atoms with Gasteiger partial charge in [0.1, 0.15) is 11.6 Å². The normalized spacial score (nSPS) is 12.8. The number of benzene rings is 1. The summed E-state index contributed by atoms with van der Waals surface area (Å²) >= 11 is 5.73. The van der Waals surface area contributed by atoms with Crippen LogP contribution in [0.4, 0.5) is 4.39 Å². The van der Waals surface area contributed by atoms with Crippen molar-refractivity contribution in [3.63, 3.8) is 0 Å². The zero-order chi connectivity index (χ0) is 14.5. The topological polar surface area (TPSA) is 28.4 Å². The fourth-order valence-corrected chi connectivity index (χ4v) is 2.19. The van der Waals surface area contributed by atoms with Gasteiger partial charge in [-0.15, -0.1) is 0 Å². The fraction of sp³-hybridized carbons (Fsp3) is 0.333. The van der Waals surface area contributed by atoms with Gasteiger partial charge >= 0.3 is 0 Å². The van der Waals surface area contributed by atoms with Crippen molar-refractivity contribution in [2.45, 2.75) is 12.6 Å². The number of nitrogens with one attached hydrogen (secondary N) is 1. The molecule has 0 aliphatic carbocycles. The van der Waals surface area contributed by atoms with Gasteiger partial charge in [-0.3, -0.25) is 4.90 Å². The molecule has 1 atom stereocenters. The zero-order valence-electron chi connectivity index (χ0n) is 11.6. The molecule has 1 aromatic carbocycles. The lowest BCUT2D eigenvalue weighted by Gasteiger charge is -2.22. The van der Waals surface area contributed by atoms with Crippen LogP contribution in [-0.4, -0.2) is 25.5 Å². The Morgan fingerprint density at radius 1 is 1.35 bits per heavy atom. The second kappa shape index (κ2) is 6.88. The van der Waals surface area contributed by atoms with Crippen molar-refractivity contribution in [1.29, 1.82) is 0 Å². The minimum absolute atomic E-state index is 0.111. The number of furan rings is 1. The van der Waals surface area contributed by atoms with Crippen LogP contribution < -0.4 is 5.32 Å². The van der Waals surface area contributed by atoms with E-state index in [1.165, 1.54) is 6.07 Å². The van der Waals surface area contributed by atoms with E-state index in [2.05, 4.69) is 10.2 Å². The molecule has 0 bridgehead atoms. The van der Waals surface area contributed by atoms with Crippen molar-refractivity contribution < 1.29 is 8.81 Å². The quantitative estimate of drug-likeness (QED) is 0.885. The lowest BCUT2D eigenvalue weighted by atomic mass is 10.2. The molecular formula is C15H18ClFN2O. The lowest BCUT2D eigenvalue weighted by molar-refractivity contribution is 0.250. The zero-order valence-corrected chi connectivity index (χ0v) is 12.3. The minimum Gasteiger partial charge on any atom is -0.468 e. The maximum atomic E-state index is 13.7. The molecule has 2 aromatic rings. The smallest absolute Gasteiger partial charge is 0.129 e. The number of halogens is 2. The Labute approximate surface area is 123 Å². The number of nitrogens with zero attached hydrogens (tertiary/aromatic N) is 1. The summed E-state index contributed by atoms with van der Waals surface area (Å²) < 4.78 is 19.1. The van der Waals surface area contributed by atoms with Crippen molar-refractivity contribution in [1.82, 2.24) is 10.2 Å². The van der Waals surface area contributed by atoms with Gasteiger partial charge in [0.2, 0.25) is 0 Å². The lowest BCUT2D eigenvalue weighted by Crippen LogP contribution is -2.30. The molecule has 0 radical (unpaired) electrons. The van der Waals surface area contributed by atoms with Crippen LogP contribution >= 0.6 is 11.6 Å². The molecule has 1 aromatic heterocycles. The van der Waals surface area contributed by atoms with Gasteiger partial charge in [-0.1, -0.05) is 17.7 Å². The van der Waals surface area contributed by atoms with E-state index < -0.39 is 0 Å². The first-order chi connectivity index (χ1) is 9.58. The van der Waals surface area contributed by atoms with Gasteiger partial charge < -0.3 is 9.73 Å². The predicted molar refractivity (Wildman–Crippen MR) is 78.3 cm³/mol. The van der Waals surface area contributed by atoms with Crippen LogP contribution in [-0.2, 0) is 6.54 Å². The monoisotopic (exact) mass is 296 g/mol. The predicted octanol–water partition coefficient (Wildman–Crippen LogP) is 3.46. The van der Waals surface area contributed by atoms with Gasteiger partial charge in [0.25, 0.3) is 0 Å². The van der Waals surface area contributed by atoms with Crippen molar-refractivity contribution in [3.05, 3.63) is 58.8 Å². The van der Waals surface area contributed by atoms with Gasteiger partial charge in [-0.2, -0.15) is 0 Å². The Kier molecular flexibility index (Phi) is 5.17. The van der Waals surface area contributed by atoms with E-state index in [1.54, 1.807) is 18.4 Å². The molecule has 0 saturated heterocycles. The standard InChI is InChI=1S/C15H18ClFN2O/c1-19(2)14(15-4-3-7-20-15)10-18-9-11-5-6-12(16)8-13(11)17/h3-8,14,18H,9-10H2,1-2H3. The molecule has 0 aliphatic heterocycles. The van der Waals surface area contributed by atoms with E-state index in [0.717, 1.165) is 5.76 Å². The maximum Gasteiger partial charge on any atom is 0.129 e. The summed E-state index contributed by atoms with van der Waals surface area (Å²) in [6.45, 7) is 1.12. The van der Waals surface area contributed by atoms with Gasteiger partial charge in [-0.25, -0.2) is 4.39 Å². The highest BCUT2D eigenvalue weighted by Gasteiger charge is 2.16. The first-order valence-electron chi connectivity index (χ1n) is 6.42. The Morgan fingerprint density at radius 2 is 2.15 bits per heavy atom. The summed E-state index contributed by atoms with van der Waals surface area (Å²) in [5, 5.41) is 3.66. The Bertz CT molecular complexity index is 543. The molecule has 0 aliphatic rings. The highest BCUT2D eigenvalue weighted by atomic mass is 35.5. The van der Waals surface area contributed by atoms with Crippen molar-refractivity contribution in [2.75, 3.05) is 20.6 Å². The van der Waals surface area contributed by atoms with E-state index in [9.17, 15) is 4.39 Å². The van der Waals surface area contributed by atoms with Crippen molar-refractivity contribution in [3.8, 4) is 0 Å². The molecule has 1 N–H and O–H groups in total. The van der Waals surface area contributed by atoms with E-state index in [-0.39, 0.29) is 11.9 Å². The molecule has 2 rings (SSSR count). The van der Waals surface area contributed by atoms with Gasteiger partial charge in [0, 0.05) is 23.7 Å². The summed E-state index contributed by atoms with van der Waals surface area (Å²) in [4.78, 5) is 2.06. The Hall–Kier alpha value is -1.36. The molecule has 1 heterocycles. The number of likely N-dealkylation sites (N-methyl/N-ethyl adjacent to an activating group) is 1. The molecule has 0 fully saturated rings. The largest absolute Gasteiger partial charge is 0.468 e. The second-order valence-corrected chi connectivity index (χ2v) is 5.30. The number of hydrogen-bond acceptors (Lipinski definition) is 3. The van der Waals surface area contributed by atoms with Crippen LogP contribution in [0.2, 0.25) is 5.02 Å². The van der Waals surface area contributed by atoms with Crippen LogP contribution in [0.3, 0.4) is 0 Å². The summed E-state index contributed by atoms with van der Waals surface area (Å²) in [6.07, 6.45) is 1.66. The molecule has 108 valence electrons. The first-order valence-corrected chi connectivity index (χ1v) is 6.80. The van der Waals surface area contributed by atoms with Crippen LogP contribution in [0.1, 0.15) is 17.4 Å². The summed E-state index contributed by atoms with van der Waals surface area (Å²) in [5.41, 5.74) is 0.603. The highest BCUT2D eigenvalue weighted by Crippen LogP contribution is 2.18. The number of hydrogen-bond donors (Lipinski definition) is 1. The summed E-state index contributed by atoms with van der Waals surface area (Å²) in [6, 6.07) is 8.63. The minimum atomic E-state index is -0.288. The summed E-state index contributed by atoms with van der Waals surface area (Å²) in [5.74, 6) is 0.600. The van der Waals surface area contributed by atoms with Crippen LogP contribution in [0.25, 0.3) is 0 Å². The molecule has 5 heteroatoms. The molecule has 0 saturated carbocycles. The Balaban J connectivity index is 1.94. The molecular weight excluding hydrogens is 279 g/mol. The molecule has 0 amide bonds. The van der Waals surface area contributed by atoms with E-state index in [4.69, 9.17) is 16.0 Å². The first kappa shape index (κ1) is 15.0. The van der Waals surface area contributed by atoms with E-state index in [1.807, 2.05) is 26.2 Å². The third kappa shape index (κ3) is 3.82.